The van der Waals surface area contributed by atoms with Crippen molar-refractivity contribution in [3.05, 3.63) is 35.9 Å². The van der Waals surface area contributed by atoms with Crippen LogP contribution in [0.15, 0.2) is 30.3 Å². The first-order chi connectivity index (χ1) is 13.0. The molecule has 0 spiro atoms. The van der Waals surface area contributed by atoms with Gasteiger partial charge in [-0.1, -0.05) is 34.1 Å². The van der Waals surface area contributed by atoms with E-state index in [0.717, 1.165) is 0 Å². The minimum atomic E-state index is -1.61. The number of hydrogen-bond donors (Lipinski definition) is 1. The molecule has 5 atom stereocenters. The van der Waals surface area contributed by atoms with Gasteiger partial charge in [0.1, 0.15) is 26.6 Å². The number of ether oxygens (including phenoxy) is 1. The van der Waals surface area contributed by atoms with E-state index in [1.54, 1.807) is 58.0 Å². The smallest absolute Gasteiger partial charge is 0.316 e. The van der Waals surface area contributed by atoms with Gasteiger partial charge in [-0.15, -0.1) is 0 Å². The Morgan fingerprint density at radius 2 is 1.89 bits per heavy atom. The summed E-state index contributed by atoms with van der Waals surface area (Å²) in [7, 11) is -1.61. The predicted octanol–water partition coefficient (Wildman–Crippen LogP) is 1.78. The van der Waals surface area contributed by atoms with Crippen LogP contribution >= 0.6 is 15.9 Å². The van der Waals surface area contributed by atoms with Gasteiger partial charge in [-0.05, 0) is 39.8 Å². The Labute approximate surface area is 174 Å². The van der Waals surface area contributed by atoms with Crippen LogP contribution in [0.4, 0.5) is 0 Å². The molecule has 28 heavy (non-hydrogen) atoms. The van der Waals surface area contributed by atoms with Gasteiger partial charge in [0.05, 0.1) is 10.8 Å². The molecular weight excluding hydrogens is 448 g/mol. The van der Waals surface area contributed by atoms with Crippen LogP contribution in [0.5, 0.6) is 0 Å². The van der Waals surface area contributed by atoms with Crippen molar-refractivity contribution in [3.8, 4) is 0 Å². The second-order valence-electron chi connectivity index (χ2n) is 8.24. The zero-order valence-electron chi connectivity index (χ0n) is 16.1. The Morgan fingerprint density at radius 3 is 2.46 bits per heavy atom. The second-order valence-corrected chi connectivity index (χ2v) is 11.4. The molecule has 2 aliphatic heterocycles. The number of halogens is 1. The lowest BCUT2D eigenvalue weighted by molar-refractivity contribution is -0.170. The Hall–Kier alpha value is -1.74. The van der Waals surface area contributed by atoms with Gasteiger partial charge in [0, 0.05) is 12.1 Å². The molecule has 9 heteroatoms. The highest BCUT2D eigenvalue weighted by Crippen LogP contribution is 2.44. The number of fused-ring (bicyclic) bond motifs is 1. The lowest BCUT2D eigenvalue weighted by atomic mass is 9.89. The van der Waals surface area contributed by atoms with Crippen LogP contribution in [0.3, 0.4) is 0 Å². The molecule has 1 aromatic carbocycles. The van der Waals surface area contributed by atoms with Gasteiger partial charge in [0.2, 0.25) is 5.91 Å². The van der Waals surface area contributed by atoms with Crippen LogP contribution in [0.2, 0.25) is 0 Å². The summed E-state index contributed by atoms with van der Waals surface area (Å²) in [6.45, 7) is 6.97. The minimum absolute atomic E-state index is 0.0742. The summed E-state index contributed by atoms with van der Waals surface area (Å²) in [5.74, 6) is -1.27. The molecule has 0 saturated carbocycles. The van der Waals surface area contributed by atoms with Gasteiger partial charge >= 0.3 is 5.97 Å². The van der Waals surface area contributed by atoms with Crippen LogP contribution in [0.1, 0.15) is 38.1 Å². The molecule has 2 aliphatic rings. The Bertz CT molecular complexity index is 840. The van der Waals surface area contributed by atoms with Crippen molar-refractivity contribution in [2.24, 2.45) is 5.41 Å². The maximum Gasteiger partial charge on any atom is 0.316 e. The average molecular weight is 471 g/mol. The number of carbonyl (C=O) groups is 3. The quantitative estimate of drug-likeness (QED) is 0.412. The van der Waals surface area contributed by atoms with E-state index in [9.17, 15) is 18.6 Å². The standard InChI is InChI=1S/C19H23BrN2O5S/c1-18(2,3)27-17(25)19(4)10-22-14(24)12(15(22)28(26)16(19)20)21-13(23)11-8-6-5-7-9-11/h5-9,12,15-16H,10H2,1-4H3,(H,21,23)/t12?,15-,16?,19?,28?/m1/s1. The number of rotatable bonds is 3. The summed E-state index contributed by atoms with van der Waals surface area (Å²) in [6.07, 6.45) is 0. The molecular formula is C19H23BrN2O5S. The first kappa shape index (κ1) is 21.0. The fraction of sp³-hybridized carbons (Fsp3) is 0.526. The summed E-state index contributed by atoms with van der Waals surface area (Å²) in [4.78, 5) is 39.1. The molecule has 2 saturated heterocycles. The number of alkyl halides is 1. The summed E-state index contributed by atoms with van der Waals surface area (Å²) < 4.78 is 17.8. The van der Waals surface area contributed by atoms with Gasteiger partial charge < -0.3 is 15.0 Å². The normalized spacial score (nSPS) is 32.2. The fourth-order valence-corrected chi connectivity index (χ4v) is 6.06. The number of β-lactam (4-membered cyclic amide) rings is 1. The number of esters is 1. The highest BCUT2D eigenvalue weighted by atomic mass is 79.9. The van der Waals surface area contributed by atoms with Crippen molar-refractivity contribution in [3.63, 3.8) is 0 Å². The van der Waals surface area contributed by atoms with Crippen LogP contribution in [-0.2, 0) is 25.1 Å². The van der Waals surface area contributed by atoms with Crippen LogP contribution in [0.25, 0.3) is 0 Å². The molecule has 2 heterocycles. The Kier molecular flexibility index (Phi) is 5.44. The monoisotopic (exact) mass is 470 g/mol. The molecule has 0 bridgehead atoms. The van der Waals surface area contributed by atoms with Crippen LogP contribution < -0.4 is 5.32 Å². The third-order valence-electron chi connectivity index (χ3n) is 4.77. The molecule has 3 rings (SSSR count). The molecule has 1 aromatic rings. The highest BCUT2D eigenvalue weighted by Gasteiger charge is 2.63. The SMILES string of the molecule is CC(C)(C)OC(=O)C1(C)CN2C(=O)C(NC(=O)c3ccccc3)[C@H]2S(=O)C1Br. The number of amides is 2. The molecule has 4 unspecified atom stereocenters. The van der Waals surface area contributed by atoms with E-state index in [0.29, 0.717) is 5.56 Å². The molecule has 0 radical (unpaired) electrons. The van der Waals surface area contributed by atoms with Crippen molar-refractivity contribution in [2.45, 2.75) is 48.9 Å². The van der Waals surface area contributed by atoms with Gasteiger partial charge in [-0.2, -0.15) is 0 Å². The first-order valence-electron chi connectivity index (χ1n) is 8.89. The minimum Gasteiger partial charge on any atom is -0.459 e. The fourth-order valence-electron chi connectivity index (χ4n) is 3.25. The average Bonchev–Trinajstić information content (AvgIpc) is 2.63. The third kappa shape index (κ3) is 3.61. The number of benzene rings is 1. The number of nitrogens with zero attached hydrogens (tertiary/aromatic N) is 1. The van der Waals surface area contributed by atoms with Crippen molar-refractivity contribution < 1.29 is 23.3 Å². The van der Waals surface area contributed by atoms with E-state index in [1.807, 2.05) is 0 Å². The van der Waals surface area contributed by atoms with Gasteiger partial charge in [0.15, 0.2) is 0 Å². The lowest BCUT2D eigenvalue weighted by Gasteiger charge is -2.54. The van der Waals surface area contributed by atoms with E-state index in [1.165, 1.54) is 4.90 Å². The number of nitrogens with one attached hydrogen (secondary N) is 1. The summed E-state index contributed by atoms with van der Waals surface area (Å²) in [5, 5.41) is 1.99. The number of hydrogen-bond acceptors (Lipinski definition) is 5. The summed E-state index contributed by atoms with van der Waals surface area (Å²) >= 11 is 3.39. The molecule has 2 amide bonds. The van der Waals surface area contributed by atoms with Crippen molar-refractivity contribution >= 4 is 44.5 Å². The van der Waals surface area contributed by atoms with E-state index in [-0.39, 0.29) is 12.5 Å². The zero-order valence-corrected chi connectivity index (χ0v) is 18.5. The molecule has 1 N–H and O–H groups in total. The largest absolute Gasteiger partial charge is 0.459 e. The maximum atomic E-state index is 13.1. The van der Waals surface area contributed by atoms with Gasteiger partial charge in [-0.3, -0.25) is 18.6 Å². The Morgan fingerprint density at radius 1 is 1.29 bits per heavy atom. The van der Waals surface area contributed by atoms with Crippen molar-refractivity contribution in [2.75, 3.05) is 6.54 Å². The zero-order chi connectivity index (χ0) is 20.9. The summed E-state index contributed by atoms with van der Waals surface area (Å²) in [5.41, 5.74) is -1.43. The van der Waals surface area contributed by atoms with E-state index < -0.39 is 49.3 Å². The van der Waals surface area contributed by atoms with Gasteiger partial charge in [0.25, 0.3) is 5.91 Å². The maximum absolute atomic E-state index is 13.1. The number of carbonyl (C=O) groups excluding carboxylic acids is 3. The first-order valence-corrected chi connectivity index (χ1v) is 11.1. The molecule has 0 aromatic heterocycles. The second kappa shape index (κ2) is 7.26. The summed E-state index contributed by atoms with van der Waals surface area (Å²) in [6, 6.07) is 7.64. The lowest BCUT2D eigenvalue weighted by Crippen LogP contribution is -2.78. The van der Waals surface area contributed by atoms with E-state index in [4.69, 9.17) is 4.74 Å². The van der Waals surface area contributed by atoms with E-state index >= 15 is 0 Å². The molecule has 0 aliphatic carbocycles. The highest BCUT2D eigenvalue weighted by molar-refractivity contribution is 9.11. The molecule has 152 valence electrons. The predicted molar refractivity (Wildman–Crippen MR) is 108 cm³/mol. The third-order valence-corrected chi connectivity index (χ3v) is 8.82. The molecule has 2 fully saturated rings. The molecule has 7 nitrogen and oxygen atoms in total. The van der Waals surface area contributed by atoms with Gasteiger partial charge in [-0.25, -0.2) is 0 Å². The van der Waals surface area contributed by atoms with Crippen molar-refractivity contribution in [1.82, 2.24) is 10.2 Å². The van der Waals surface area contributed by atoms with Crippen LogP contribution in [0, 0.1) is 5.41 Å². The van der Waals surface area contributed by atoms with E-state index in [2.05, 4.69) is 21.2 Å². The Balaban J connectivity index is 1.76. The topological polar surface area (TPSA) is 92.8 Å². The van der Waals surface area contributed by atoms with Crippen LogP contribution in [-0.4, -0.2) is 54.6 Å². The van der Waals surface area contributed by atoms with Crippen molar-refractivity contribution in [1.29, 1.82) is 0 Å².